The third-order valence-corrected chi connectivity index (χ3v) is 3.83. The Labute approximate surface area is 135 Å². The Kier molecular flexibility index (Phi) is 3.89. The van der Waals surface area contributed by atoms with Crippen molar-refractivity contribution in [3.8, 4) is 5.69 Å². The fourth-order valence-electron chi connectivity index (χ4n) is 2.15. The van der Waals surface area contributed by atoms with Gasteiger partial charge in [-0.15, -0.1) is 11.6 Å². The van der Waals surface area contributed by atoms with E-state index in [-0.39, 0.29) is 11.4 Å². The minimum atomic E-state index is -0.208. The van der Waals surface area contributed by atoms with Gasteiger partial charge in [-0.3, -0.25) is 9.36 Å². The van der Waals surface area contributed by atoms with E-state index in [1.165, 1.54) is 4.57 Å². The van der Waals surface area contributed by atoms with Crippen LogP contribution in [0.25, 0.3) is 16.6 Å². The maximum atomic E-state index is 12.7. The predicted molar refractivity (Wildman–Crippen MR) is 86.9 cm³/mol. The van der Waals surface area contributed by atoms with Crippen molar-refractivity contribution in [1.82, 2.24) is 9.55 Å². The summed E-state index contributed by atoms with van der Waals surface area (Å²) in [5, 5.41) is 1.53. The maximum absolute atomic E-state index is 12.7. The van der Waals surface area contributed by atoms with E-state index in [0.717, 1.165) is 0 Å². The van der Waals surface area contributed by atoms with Crippen LogP contribution in [0.5, 0.6) is 0 Å². The zero-order valence-electron chi connectivity index (χ0n) is 10.7. The van der Waals surface area contributed by atoms with Crippen molar-refractivity contribution < 1.29 is 0 Å². The zero-order valence-corrected chi connectivity index (χ0v) is 13.0. The van der Waals surface area contributed by atoms with E-state index >= 15 is 0 Å². The van der Waals surface area contributed by atoms with Gasteiger partial charge in [-0.25, -0.2) is 4.98 Å². The zero-order chi connectivity index (χ0) is 15.0. The summed E-state index contributed by atoms with van der Waals surface area (Å²) in [4.78, 5) is 17.2. The number of alkyl halides is 1. The molecule has 1 aromatic heterocycles. The molecule has 0 bridgehead atoms. The minimum absolute atomic E-state index is 0.121. The first-order valence-electron chi connectivity index (χ1n) is 6.13. The standard InChI is InChI=1S/C15H9Cl3N2O/c16-8-14-19-13-6-3-10(18)7-12(13)15(21)20(14)11-4-1-9(17)2-5-11/h1-7H,8H2. The molecule has 3 aromatic rings. The first kappa shape index (κ1) is 14.4. The first-order valence-corrected chi connectivity index (χ1v) is 7.42. The molecule has 0 aliphatic carbocycles. The molecule has 106 valence electrons. The molecular weight excluding hydrogens is 331 g/mol. The number of benzene rings is 2. The Morgan fingerprint density at radius 1 is 1.00 bits per heavy atom. The summed E-state index contributed by atoms with van der Waals surface area (Å²) in [6.07, 6.45) is 0. The lowest BCUT2D eigenvalue weighted by atomic mass is 10.2. The topological polar surface area (TPSA) is 34.9 Å². The molecule has 0 aliphatic heterocycles. The number of nitrogens with zero attached hydrogens (tertiary/aromatic N) is 2. The van der Waals surface area contributed by atoms with Gasteiger partial charge >= 0.3 is 0 Å². The van der Waals surface area contributed by atoms with Crippen LogP contribution in [0.4, 0.5) is 0 Å². The van der Waals surface area contributed by atoms with Crippen LogP contribution >= 0.6 is 34.8 Å². The number of hydrogen-bond acceptors (Lipinski definition) is 2. The molecule has 0 amide bonds. The highest BCUT2D eigenvalue weighted by molar-refractivity contribution is 6.31. The van der Waals surface area contributed by atoms with Crippen LogP contribution in [0.1, 0.15) is 5.82 Å². The van der Waals surface area contributed by atoms with E-state index in [1.807, 2.05) is 0 Å². The monoisotopic (exact) mass is 338 g/mol. The van der Waals surface area contributed by atoms with Crippen molar-refractivity contribution in [3.05, 3.63) is 68.7 Å². The second kappa shape index (κ2) is 5.68. The third-order valence-electron chi connectivity index (χ3n) is 3.10. The molecule has 0 unspecified atom stereocenters. The van der Waals surface area contributed by atoms with E-state index in [9.17, 15) is 4.79 Å². The highest BCUT2D eigenvalue weighted by Crippen LogP contribution is 2.19. The first-order chi connectivity index (χ1) is 10.1. The Balaban J connectivity index is 2.37. The fourth-order valence-corrected chi connectivity index (χ4v) is 2.63. The second-order valence-electron chi connectivity index (χ2n) is 4.44. The van der Waals surface area contributed by atoms with Crippen LogP contribution in [0, 0.1) is 0 Å². The van der Waals surface area contributed by atoms with Crippen LogP contribution in [0.3, 0.4) is 0 Å². The minimum Gasteiger partial charge on any atom is -0.268 e. The van der Waals surface area contributed by atoms with Crippen molar-refractivity contribution in [1.29, 1.82) is 0 Å². The average molecular weight is 340 g/mol. The molecule has 0 aliphatic rings. The molecule has 0 radical (unpaired) electrons. The Hall–Kier alpha value is -1.55. The molecule has 21 heavy (non-hydrogen) atoms. The van der Waals surface area contributed by atoms with Gasteiger partial charge in [0.25, 0.3) is 5.56 Å². The van der Waals surface area contributed by atoms with Crippen molar-refractivity contribution in [2.75, 3.05) is 0 Å². The van der Waals surface area contributed by atoms with Gasteiger partial charge in [-0.1, -0.05) is 23.2 Å². The van der Waals surface area contributed by atoms with Gasteiger partial charge < -0.3 is 0 Å². The summed E-state index contributed by atoms with van der Waals surface area (Å²) in [7, 11) is 0. The molecule has 0 spiro atoms. The van der Waals surface area contributed by atoms with E-state index in [1.54, 1.807) is 42.5 Å². The SMILES string of the molecule is O=c1c2cc(Cl)ccc2nc(CCl)n1-c1ccc(Cl)cc1. The molecule has 0 N–H and O–H groups in total. The molecule has 0 atom stereocenters. The van der Waals surface area contributed by atoms with E-state index < -0.39 is 0 Å². The van der Waals surface area contributed by atoms with Crippen molar-refractivity contribution in [2.24, 2.45) is 0 Å². The molecular formula is C15H9Cl3N2O. The highest BCUT2D eigenvalue weighted by atomic mass is 35.5. The Morgan fingerprint density at radius 3 is 2.33 bits per heavy atom. The summed E-state index contributed by atoms with van der Waals surface area (Å²) < 4.78 is 1.47. The number of fused-ring (bicyclic) bond motifs is 1. The lowest BCUT2D eigenvalue weighted by molar-refractivity contribution is 0.881. The fraction of sp³-hybridized carbons (Fsp3) is 0.0667. The second-order valence-corrected chi connectivity index (χ2v) is 5.58. The van der Waals surface area contributed by atoms with Crippen LogP contribution in [0.15, 0.2) is 47.3 Å². The lowest BCUT2D eigenvalue weighted by Gasteiger charge is -2.12. The summed E-state index contributed by atoms with van der Waals surface area (Å²) in [5.41, 5.74) is 1.03. The van der Waals surface area contributed by atoms with E-state index in [2.05, 4.69) is 4.98 Å². The number of aromatic nitrogens is 2. The quantitative estimate of drug-likeness (QED) is 0.647. The van der Waals surface area contributed by atoms with Gasteiger partial charge in [0.15, 0.2) is 0 Å². The number of rotatable bonds is 2. The predicted octanol–water partition coefficient (Wildman–Crippen LogP) is 4.43. The largest absolute Gasteiger partial charge is 0.268 e. The van der Waals surface area contributed by atoms with Crippen LogP contribution in [0.2, 0.25) is 10.0 Å². The molecule has 3 nitrogen and oxygen atoms in total. The highest BCUT2D eigenvalue weighted by Gasteiger charge is 2.12. The van der Waals surface area contributed by atoms with Crippen LogP contribution in [-0.2, 0) is 5.88 Å². The number of hydrogen-bond donors (Lipinski definition) is 0. The smallest absolute Gasteiger partial charge is 0.266 e. The third kappa shape index (κ3) is 2.64. The van der Waals surface area contributed by atoms with Crippen molar-refractivity contribution >= 4 is 45.7 Å². The van der Waals surface area contributed by atoms with Gasteiger partial charge in [0.05, 0.1) is 22.5 Å². The molecule has 0 saturated carbocycles. The van der Waals surface area contributed by atoms with Crippen molar-refractivity contribution in [3.63, 3.8) is 0 Å². The van der Waals surface area contributed by atoms with Crippen LogP contribution < -0.4 is 5.56 Å². The van der Waals surface area contributed by atoms with Gasteiger partial charge in [-0.2, -0.15) is 0 Å². The molecule has 1 heterocycles. The lowest BCUT2D eigenvalue weighted by Crippen LogP contribution is -2.23. The summed E-state index contributed by atoms with van der Waals surface area (Å²) >= 11 is 17.8. The average Bonchev–Trinajstić information content (AvgIpc) is 2.49. The molecule has 2 aromatic carbocycles. The normalized spacial score (nSPS) is 11.0. The summed E-state index contributed by atoms with van der Waals surface area (Å²) in [6, 6.07) is 11.9. The Morgan fingerprint density at radius 2 is 1.67 bits per heavy atom. The van der Waals surface area contributed by atoms with Crippen LogP contribution in [-0.4, -0.2) is 9.55 Å². The van der Waals surface area contributed by atoms with Gasteiger partial charge in [-0.05, 0) is 42.5 Å². The van der Waals surface area contributed by atoms with E-state index in [0.29, 0.717) is 32.5 Å². The molecule has 3 rings (SSSR count). The van der Waals surface area contributed by atoms with Gasteiger partial charge in [0, 0.05) is 10.0 Å². The summed E-state index contributed by atoms with van der Waals surface area (Å²) in [5.74, 6) is 0.593. The molecule has 6 heteroatoms. The maximum Gasteiger partial charge on any atom is 0.266 e. The van der Waals surface area contributed by atoms with Gasteiger partial charge in [0.2, 0.25) is 0 Å². The van der Waals surface area contributed by atoms with Gasteiger partial charge in [0.1, 0.15) is 5.82 Å². The number of halogens is 3. The van der Waals surface area contributed by atoms with Crippen molar-refractivity contribution in [2.45, 2.75) is 5.88 Å². The molecule has 0 fully saturated rings. The summed E-state index contributed by atoms with van der Waals surface area (Å²) in [6.45, 7) is 0. The van der Waals surface area contributed by atoms with E-state index in [4.69, 9.17) is 34.8 Å². The Bertz CT molecular complexity index is 872. The molecule has 0 saturated heterocycles.